The summed E-state index contributed by atoms with van der Waals surface area (Å²) in [6.07, 6.45) is 0. The molecule has 1 saturated heterocycles. The maximum Gasteiger partial charge on any atom is 0.253 e. The van der Waals surface area contributed by atoms with E-state index >= 15 is 0 Å². The molecule has 0 radical (unpaired) electrons. The van der Waals surface area contributed by atoms with Crippen molar-refractivity contribution in [1.29, 1.82) is 0 Å². The van der Waals surface area contributed by atoms with E-state index in [1.54, 1.807) is 0 Å². The summed E-state index contributed by atoms with van der Waals surface area (Å²) in [5.74, 6) is 0.519. The lowest BCUT2D eigenvalue weighted by Crippen LogP contribution is -2.38. The number of nitrogens with one attached hydrogen (secondary N) is 1. The Balaban J connectivity index is 2.26. The highest BCUT2D eigenvalue weighted by Gasteiger charge is 2.13. The van der Waals surface area contributed by atoms with E-state index in [2.05, 4.69) is 9.97 Å². The first-order chi connectivity index (χ1) is 6.75. The number of nitrogens with zero attached hydrogens (tertiary/aromatic N) is 2. The molecule has 0 aliphatic carbocycles. The topological polar surface area (TPSA) is 58.2 Å². The molecule has 6 heteroatoms. The molecule has 0 spiro atoms. The number of hydrogen-bond donors (Lipinski definition) is 1. The molecule has 1 aliphatic heterocycles. The van der Waals surface area contributed by atoms with Crippen LogP contribution in [0.5, 0.6) is 0 Å². The van der Waals surface area contributed by atoms with Crippen LogP contribution in [0.1, 0.15) is 0 Å². The average molecular weight is 216 g/mol. The maximum absolute atomic E-state index is 11.1. The third kappa shape index (κ3) is 2.05. The van der Waals surface area contributed by atoms with Crippen LogP contribution in [0.4, 0.5) is 5.95 Å². The normalized spacial score (nSPS) is 17.1. The molecule has 2 heterocycles. The monoisotopic (exact) mass is 215 g/mol. The van der Waals surface area contributed by atoms with Crippen molar-refractivity contribution in [3.8, 4) is 0 Å². The molecule has 1 fully saturated rings. The molecule has 1 aliphatic rings. The summed E-state index contributed by atoms with van der Waals surface area (Å²) in [6.45, 7) is 2.75. The van der Waals surface area contributed by atoms with Crippen LogP contribution in [-0.2, 0) is 4.74 Å². The summed E-state index contributed by atoms with van der Waals surface area (Å²) in [5, 5.41) is 0.218. The Morgan fingerprint density at radius 1 is 1.50 bits per heavy atom. The Morgan fingerprint density at radius 2 is 2.21 bits per heavy atom. The molecule has 0 amide bonds. The van der Waals surface area contributed by atoms with Gasteiger partial charge >= 0.3 is 0 Å². The number of aromatic amines is 1. The summed E-state index contributed by atoms with van der Waals surface area (Å²) in [6, 6.07) is 1.26. The highest BCUT2D eigenvalue weighted by Crippen LogP contribution is 2.10. The van der Waals surface area contributed by atoms with E-state index in [0.29, 0.717) is 19.2 Å². The van der Waals surface area contributed by atoms with Crippen molar-refractivity contribution < 1.29 is 4.74 Å². The van der Waals surface area contributed by atoms with Crippen LogP contribution in [0.15, 0.2) is 10.9 Å². The van der Waals surface area contributed by atoms with Gasteiger partial charge in [0.05, 0.1) is 13.2 Å². The van der Waals surface area contributed by atoms with E-state index in [9.17, 15) is 4.79 Å². The van der Waals surface area contributed by atoms with Crippen LogP contribution in [0, 0.1) is 0 Å². The summed E-state index contributed by atoms with van der Waals surface area (Å²) < 4.78 is 5.19. The molecule has 0 aromatic carbocycles. The predicted octanol–water partition coefficient (Wildman–Crippen LogP) is 0.260. The van der Waals surface area contributed by atoms with Gasteiger partial charge < -0.3 is 9.64 Å². The van der Waals surface area contributed by atoms with Gasteiger partial charge in [0.25, 0.3) is 5.56 Å². The maximum atomic E-state index is 11.1. The van der Waals surface area contributed by atoms with Crippen molar-refractivity contribution in [2.24, 2.45) is 0 Å². The molecule has 0 unspecified atom stereocenters. The third-order valence-corrected chi connectivity index (χ3v) is 2.20. The summed E-state index contributed by atoms with van der Waals surface area (Å²) in [7, 11) is 0. The Kier molecular flexibility index (Phi) is 2.69. The number of aromatic nitrogens is 2. The second-order valence-electron chi connectivity index (χ2n) is 2.99. The molecule has 2 rings (SSSR count). The molecule has 0 atom stereocenters. The smallest absolute Gasteiger partial charge is 0.253 e. The molecule has 1 aromatic heterocycles. The van der Waals surface area contributed by atoms with Crippen LogP contribution >= 0.6 is 11.6 Å². The quantitative estimate of drug-likeness (QED) is 0.683. The number of halogens is 1. The highest BCUT2D eigenvalue weighted by molar-refractivity contribution is 6.29. The Labute approximate surface area is 85.7 Å². The zero-order valence-electron chi connectivity index (χ0n) is 7.49. The number of rotatable bonds is 1. The van der Waals surface area contributed by atoms with Gasteiger partial charge in [-0.3, -0.25) is 9.78 Å². The van der Waals surface area contributed by atoms with E-state index in [0.717, 1.165) is 13.1 Å². The van der Waals surface area contributed by atoms with Gasteiger partial charge in [0, 0.05) is 19.2 Å². The number of ether oxygens (including phenoxy) is 1. The molecular formula is C8H10ClN3O2. The van der Waals surface area contributed by atoms with Crippen LogP contribution in [0.3, 0.4) is 0 Å². The Hall–Kier alpha value is -1.07. The SMILES string of the molecule is O=c1cc(Cl)nc(N2CCOCC2)[nH]1. The fourth-order valence-electron chi connectivity index (χ4n) is 1.34. The minimum absolute atomic E-state index is 0.218. The predicted molar refractivity (Wildman–Crippen MR) is 52.9 cm³/mol. The standard InChI is InChI=1S/C8H10ClN3O2/c9-6-5-7(13)11-8(10-6)12-1-3-14-4-2-12/h5H,1-4H2,(H,10,11,13). The lowest BCUT2D eigenvalue weighted by molar-refractivity contribution is 0.122. The van der Waals surface area contributed by atoms with Crippen LogP contribution in [0.2, 0.25) is 5.15 Å². The van der Waals surface area contributed by atoms with Crippen molar-refractivity contribution in [1.82, 2.24) is 9.97 Å². The summed E-state index contributed by atoms with van der Waals surface area (Å²) in [5.41, 5.74) is -0.230. The first-order valence-corrected chi connectivity index (χ1v) is 4.73. The van der Waals surface area contributed by atoms with Crippen LogP contribution < -0.4 is 10.5 Å². The van der Waals surface area contributed by atoms with Gasteiger partial charge in [0.2, 0.25) is 5.95 Å². The highest BCUT2D eigenvalue weighted by atomic mass is 35.5. The summed E-state index contributed by atoms with van der Waals surface area (Å²) in [4.78, 5) is 19.7. The second kappa shape index (κ2) is 3.98. The van der Waals surface area contributed by atoms with Crippen molar-refractivity contribution in [2.45, 2.75) is 0 Å². The molecule has 14 heavy (non-hydrogen) atoms. The van der Waals surface area contributed by atoms with Crippen molar-refractivity contribution >= 4 is 17.5 Å². The molecule has 1 N–H and O–H groups in total. The van der Waals surface area contributed by atoms with Gasteiger partial charge in [-0.15, -0.1) is 0 Å². The van der Waals surface area contributed by atoms with Crippen molar-refractivity contribution in [2.75, 3.05) is 31.2 Å². The van der Waals surface area contributed by atoms with E-state index in [1.165, 1.54) is 6.07 Å². The summed E-state index contributed by atoms with van der Waals surface area (Å²) >= 11 is 5.68. The minimum Gasteiger partial charge on any atom is -0.378 e. The van der Waals surface area contributed by atoms with Crippen LogP contribution in [-0.4, -0.2) is 36.3 Å². The van der Waals surface area contributed by atoms with Gasteiger partial charge in [-0.05, 0) is 0 Å². The molecule has 0 bridgehead atoms. The molecule has 5 nitrogen and oxygen atoms in total. The van der Waals surface area contributed by atoms with E-state index in [4.69, 9.17) is 16.3 Å². The number of anilines is 1. The second-order valence-corrected chi connectivity index (χ2v) is 3.38. The number of H-pyrrole nitrogens is 1. The van der Waals surface area contributed by atoms with E-state index < -0.39 is 0 Å². The molecule has 0 saturated carbocycles. The van der Waals surface area contributed by atoms with E-state index in [-0.39, 0.29) is 10.7 Å². The minimum atomic E-state index is -0.230. The fourth-order valence-corrected chi connectivity index (χ4v) is 1.52. The largest absolute Gasteiger partial charge is 0.378 e. The average Bonchev–Trinajstić information content (AvgIpc) is 2.18. The lowest BCUT2D eigenvalue weighted by Gasteiger charge is -2.26. The first kappa shape index (κ1) is 9.48. The third-order valence-electron chi connectivity index (χ3n) is 2.01. The van der Waals surface area contributed by atoms with E-state index in [1.807, 2.05) is 4.90 Å². The van der Waals surface area contributed by atoms with Crippen LogP contribution in [0.25, 0.3) is 0 Å². The number of morpholine rings is 1. The Bertz CT molecular complexity index is 373. The molecular weight excluding hydrogens is 206 g/mol. The van der Waals surface area contributed by atoms with Gasteiger partial charge in [0.15, 0.2) is 0 Å². The Morgan fingerprint density at radius 3 is 2.86 bits per heavy atom. The fraction of sp³-hybridized carbons (Fsp3) is 0.500. The first-order valence-electron chi connectivity index (χ1n) is 4.35. The van der Waals surface area contributed by atoms with Gasteiger partial charge in [-0.1, -0.05) is 11.6 Å². The zero-order valence-corrected chi connectivity index (χ0v) is 8.25. The van der Waals surface area contributed by atoms with Crippen molar-refractivity contribution in [3.05, 3.63) is 21.6 Å². The molecule has 1 aromatic rings. The van der Waals surface area contributed by atoms with Crippen molar-refractivity contribution in [3.63, 3.8) is 0 Å². The molecule has 76 valence electrons. The van der Waals surface area contributed by atoms with Gasteiger partial charge in [0.1, 0.15) is 5.15 Å². The zero-order chi connectivity index (χ0) is 9.97. The number of hydrogen-bond acceptors (Lipinski definition) is 4. The van der Waals surface area contributed by atoms with Gasteiger partial charge in [-0.25, -0.2) is 4.98 Å². The lowest BCUT2D eigenvalue weighted by atomic mass is 10.4. The van der Waals surface area contributed by atoms with Gasteiger partial charge in [-0.2, -0.15) is 0 Å².